The maximum Gasteiger partial charge on any atom is 0.0233 e. The Labute approximate surface area is 291 Å². The van der Waals surface area contributed by atoms with Crippen LogP contribution in [0.3, 0.4) is 0 Å². The molecule has 46 heavy (non-hydrogen) atoms. The Morgan fingerprint density at radius 2 is 0.630 bits per heavy atom. The molecule has 0 radical (unpaired) electrons. The molecule has 0 aliphatic rings. The lowest BCUT2D eigenvalue weighted by atomic mass is 9.98. The smallest absolute Gasteiger partial charge is 0.0233 e. The maximum atomic E-state index is 2.67. The van der Waals surface area contributed by atoms with Crippen LogP contribution in [0.1, 0.15) is 238 Å². The van der Waals surface area contributed by atoms with Crippen molar-refractivity contribution in [1.29, 1.82) is 0 Å². The molecule has 0 saturated carbocycles. The van der Waals surface area contributed by atoms with E-state index < -0.39 is 0 Å². The van der Waals surface area contributed by atoms with Crippen molar-refractivity contribution < 1.29 is 0 Å². The van der Waals surface area contributed by atoms with Gasteiger partial charge in [-0.3, -0.25) is 4.90 Å². The monoisotopic (exact) mass is 640 g/mol. The van der Waals surface area contributed by atoms with Crippen LogP contribution < -0.4 is 0 Å². The number of unbranched alkanes of at least 4 members (excludes halogenated alkanes) is 30. The molecule has 1 heteroatoms. The molecule has 1 nitrogen and oxygen atoms in total. The summed E-state index contributed by atoms with van der Waals surface area (Å²) in [4.78, 5) is 2.67. The van der Waals surface area contributed by atoms with Crippen LogP contribution in [0, 0.1) is 0 Å². The highest BCUT2D eigenvalue weighted by Crippen LogP contribution is 2.21. The fourth-order valence-corrected chi connectivity index (χ4v) is 7.44. The highest BCUT2D eigenvalue weighted by Gasteiger charge is 2.14. The molecule has 0 aromatic heterocycles. The highest BCUT2D eigenvalue weighted by atomic mass is 15.1. The first-order chi connectivity index (χ1) is 22.8. The lowest BCUT2D eigenvalue weighted by molar-refractivity contribution is 0.202. The molecule has 0 heterocycles. The van der Waals surface area contributed by atoms with E-state index in [0.717, 1.165) is 12.6 Å². The van der Waals surface area contributed by atoms with Gasteiger partial charge in [-0.2, -0.15) is 0 Å². The zero-order valence-corrected chi connectivity index (χ0v) is 32.2. The minimum Gasteiger partial charge on any atom is -0.299 e. The normalized spacial score (nSPS) is 11.8. The number of hydrogen-bond donors (Lipinski definition) is 0. The molecule has 0 aliphatic heterocycles. The van der Waals surface area contributed by atoms with Crippen molar-refractivity contribution in [3.05, 3.63) is 35.9 Å². The molecule has 0 unspecified atom stereocenters. The third kappa shape index (κ3) is 29.3. The predicted molar refractivity (Wildman–Crippen MR) is 210 cm³/mol. The molecule has 0 aliphatic carbocycles. The van der Waals surface area contributed by atoms with Crippen molar-refractivity contribution in [3.8, 4) is 0 Å². The van der Waals surface area contributed by atoms with Crippen molar-refractivity contribution in [2.24, 2.45) is 0 Å². The van der Waals surface area contributed by atoms with Gasteiger partial charge < -0.3 is 0 Å². The van der Waals surface area contributed by atoms with E-state index in [1.807, 2.05) is 0 Å². The van der Waals surface area contributed by atoms with Gasteiger partial charge in [-0.05, 0) is 25.5 Å². The van der Waals surface area contributed by atoms with Gasteiger partial charge in [0.2, 0.25) is 0 Å². The second-order valence-corrected chi connectivity index (χ2v) is 15.2. The molecule has 1 rings (SSSR count). The van der Waals surface area contributed by atoms with Gasteiger partial charge in [-0.1, -0.05) is 250 Å². The summed E-state index contributed by atoms with van der Waals surface area (Å²) in [5, 5.41) is 0. The van der Waals surface area contributed by atoms with Gasteiger partial charge in [-0.25, -0.2) is 0 Å². The molecule has 1 aromatic carbocycles. The molecule has 0 amide bonds. The standard InChI is InChI=1S/C45H85N/c1-4-6-8-10-12-14-16-18-20-22-24-26-28-30-32-37-41-45(46(3)43-44-39-35-34-36-40-44)42-38-33-31-29-27-25-23-21-19-17-15-13-11-9-7-5-2/h34-36,39-40,45H,4-33,37-38,41-43H2,1-3H3. The average Bonchev–Trinajstić information content (AvgIpc) is 3.07. The third-order valence-electron chi connectivity index (χ3n) is 10.7. The molecular weight excluding hydrogens is 555 g/mol. The van der Waals surface area contributed by atoms with E-state index in [2.05, 4.69) is 56.1 Å². The van der Waals surface area contributed by atoms with Crippen LogP contribution in [0.4, 0.5) is 0 Å². The Bertz CT molecular complexity index is 647. The van der Waals surface area contributed by atoms with E-state index >= 15 is 0 Å². The van der Waals surface area contributed by atoms with E-state index in [1.165, 1.54) is 224 Å². The van der Waals surface area contributed by atoms with Crippen LogP contribution in [0.25, 0.3) is 0 Å². The fourth-order valence-electron chi connectivity index (χ4n) is 7.44. The minimum absolute atomic E-state index is 0.749. The Hall–Kier alpha value is -0.820. The Morgan fingerprint density at radius 1 is 0.370 bits per heavy atom. The number of rotatable bonds is 37. The van der Waals surface area contributed by atoms with Gasteiger partial charge >= 0.3 is 0 Å². The Morgan fingerprint density at radius 3 is 0.913 bits per heavy atom. The van der Waals surface area contributed by atoms with Crippen LogP contribution in [0.5, 0.6) is 0 Å². The lowest BCUT2D eigenvalue weighted by Gasteiger charge is -2.28. The van der Waals surface area contributed by atoms with Gasteiger partial charge in [0, 0.05) is 12.6 Å². The van der Waals surface area contributed by atoms with Crippen LogP contribution in [0.15, 0.2) is 30.3 Å². The minimum atomic E-state index is 0.749. The fraction of sp³-hybridized carbons (Fsp3) is 0.867. The van der Waals surface area contributed by atoms with Gasteiger partial charge in [0.1, 0.15) is 0 Å². The van der Waals surface area contributed by atoms with Crippen LogP contribution in [0.2, 0.25) is 0 Å². The molecule has 0 atom stereocenters. The quantitative estimate of drug-likeness (QED) is 0.0655. The van der Waals surface area contributed by atoms with Gasteiger partial charge in [-0.15, -0.1) is 0 Å². The zero-order chi connectivity index (χ0) is 33.0. The Balaban J connectivity index is 2.07. The van der Waals surface area contributed by atoms with Gasteiger partial charge in [0.25, 0.3) is 0 Å². The second-order valence-electron chi connectivity index (χ2n) is 15.2. The van der Waals surface area contributed by atoms with E-state index in [1.54, 1.807) is 0 Å². The van der Waals surface area contributed by atoms with Crippen molar-refractivity contribution >= 4 is 0 Å². The van der Waals surface area contributed by atoms with Crippen LogP contribution in [-0.4, -0.2) is 18.0 Å². The molecule has 0 saturated heterocycles. The van der Waals surface area contributed by atoms with Gasteiger partial charge in [0.15, 0.2) is 0 Å². The SMILES string of the molecule is CCCCCCCCCCCCCCCCCCC(CCCCCCCCCCCCCCCCCC)N(C)Cc1ccccc1. The van der Waals surface area contributed by atoms with E-state index in [-0.39, 0.29) is 0 Å². The number of benzene rings is 1. The summed E-state index contributed by atoms with van der Waals surface area (Å²) >= 11 is 0. The topological polar surface area (TPSA) is 3.24 Å². The molecule has 0 spiro atoms. The van der Waals surface area contributed by atoms with E-state index in [4.69, 9.17) is 0 Å². The summed E-state index contributed by atoms with van der Waals surface area (Å²) in [6, 6.07) is 11.9. The summed E-state index contributed by atoms with van der Waals surface area (Å²) in [7, 11) is 2.39. The molecule has 0 N–H and O–H groups in total. The van der Waals surface area contributed by atoms with Gasteiger partial charge in [0.05, 0.1) is 0 Å². The summed E-state index contributed by atoms with van der Waals surface area (Å²) in [6.45, 7) is 5.72. The highest BCUT2D eigenvalue weighted by molar-refractivity contribution is 5.14. The van der Waals surface area contributed by atoms with Crippen LogP contribution in [-0.2, 0) is 6.54 Å². The molecular formula is C45H85N. The van der Waals surface area contributed by atoms with Crippen molar-refractivity contribution in [2.45, 2.75) is 245 Å². The average molecular weight is 640 g/mol. The first-order valence-corrected chi connectivity index (χ1v) is 21.5. The summed E-state index contributed by atoms with van der Waals surface area (Å²) in [5.74, 6) is 0. The predicted octanol–water partition coefficient (Wildman–Crippen LogP) is 15.8. The summed E-state index contributed by atoms with van der Waals surface area (Å²) < 4.78 is 0. The summed E-state index contributed by atoms with van der Waals surface area (Å²) in [6.07, 6.45) is 49.4. The first kappa shape index (κ1) is 43.2. The molecule has 1 aromatic rings. The first-order valence-electron chi connectivity index (χ1n) is 21.5. The zero-order valence-electron chi connectivity index (χ0n) is 32.2. The van der Waals surface area contributed by atoms with E-state index in [9.17, 15) is 0 Å². The largest absolute Gasteiger partial charge is 0.299 e. The summed E-state index contributed by atoms with van der Waals surface area (Å²) in [5.41, 5.74) is 1.47. The number of nitrogens with zero attached hydrogens (tertiary/aromatic N) is 1. The third-order valence-corrected chi connectivity index (χ3v) is 10.7. The molecule has 270 valence electrons. The molecule has 0 bridgehead atoms. The van der Waals surface area contributed by atoms with Crippen molar-refractivity contribution in [1.82, 2.24) is 4.90 Å². The van der Waals surface area contributed by atoms with Crippen molar-refractivity contribution in [2.75, 3.05) is 7.05 Å². The molecule has 0 fully saturated rings. The second kappa shape index (κ2) is 35.5. The lowest BCUT2D eigenvalue weighted by Crippen LogP contribution is -2.31. The van der Waals surface area contributed by atoms with E-state index in [0.29, 0.717) is 0 Å². The number of hydrogen-bond acceptors (Lipinski definition) is 1. The van der Waals surface area contributed by atoms with Crippen molar-refractivity contribution in [3.63, 3.8) is 0 Å². The maximum absolute atomic E-state index is 2.67. The Kier molecular flexibility index (Phi) is 33.3. The van der Waals surface area contributed by atoms with Crippen LogP contribution >= 0.6 is 0 Å².